The van der Waals surface area contributed by atoms with Crippen molar-refractivity contribution in [1.82, 2.24) is 15.0 Å². The molecule has 0 amide bonds. The number of anilines is 1. The first-order valence-electron chi connectivity index (χ1n) is 6.39. The van der Waals surface area contributed by atoms with Crippen LogP contribution in [-0.4, -0.2) is 15.0 Å². The van der Waals surface area contributed by atoms with Crippen molar-refractivity contribution in [3.8, 4) is 0 Å². The Morgan fingerprint density at radius 2 is 1.85 bits per heavy atom. The molecule has 0 saturated heterocycles. The second-order valence-corrected chi connectivity index (χ2v) is 5.82. The molecule has 7 heteroatoms. The van der Waals surface area contributed by atoms with E-state index in [2.05, 4.69) is 20.4 Å². The summed E-state index contributed by atoms with van der Waals surface area (Å²) in [6, 6.07) is 0. The number of nitrogens with zero attached hydrogens (tertiary/aromatic N) is 3. The first-order valence-corrected chi connectivity index (χ1v) is 7.21. The number of nitrogens with one attached hydrogen (secondary N) is 1. The van der Waals surface area contributed by atoms with Crippen molar-refractivity contribution < 1.29 is 4.42 Å². The number of rotatable bonds is 4. The fraction of sp³-hybridized carbons (Fsp3) is 0.462. The van der Waals surface area contributed by atoms with Gasteiger partial charge < -0.3 is 9.84 Å². The van der Waals surface area contributed by atoms with Gasteiger partial charge in [0.25, 0.3) is 5.22 Å². The zero-order valence-corrected chi connectivity index (χ0v) is 13.1. The van der Waals surface area contributed by atoms with Crippen molar-refractivity contribution in [3.05, 3.63) is 22.8 Å². The summed E-state index contributed by atoms with van der Waals surface area (Å²) in [4.78, 5) is 13.3. The van der Waals surface area contributed by atoms with E-state index in [9.17, 15) is 0 Å². The maximum absolute atomic E-state index is 5.59. The molecule has 20 heavy (non-hydrogen) atoms. The molecule has 0 fully saturated rings. The minimum absolute atomic E-state index is 0.218. The van der Waals surface area contributed by atoms with Gasteiger partial charge in [0.2, 0.25) is 0 Å². The third kappa shape index (κ3) is 2.94. The highest BCUT2D eigenvalue weighted by atomic mass is 32.2. The number of nitrogens with two attached hydrogens (primary N) is 1. The Balaban J connectivity index is 2.41. The lowest BCUT2D eigenvalue weighted by Gasteiger charge is -2.12. The van der Waals surface area contributed by atoms with Gasteiger partial charge in [-0.05, 0) is 32.5 Å². The van der Waals surface area contributed by atoms with Crippen molar-refractivity contribution in [2.45, 2.75) is 50.8 Å². The molecule has 2 rings (SSSR count). The highest BCUT2D eigenvalue weighted by Gasteiger charge is 2.16. The normalized spacial score (nSPS) is 11.2. The van der Waals surface area contributed by atoms with E-state index in [1.165, 1.54) is 11.8 Å². The third-order valence-electron chi connectivity index (χ3n) is 2.96. The van der Waals surface area contributed by atoms with Crippen LogP contribution in [0.4, 0.5) is 5.82 Å². The van der Waals surface area contributed by atoms with Gasteiger partial charge >= 0.3 is 0 Å². The number of nitrogen functional groups attached to an aromatic ring is 1. The Morgan fingerprint density at radius 3 is 2.35 bits per heavy atom. The predicted octanol–water partition coefficient (Wildman–Crippen LogP) is 2.95. The fourth-order valence-electron chi connectivity index (χ4n) is 1.58. The van der Waals surface area contributed by atoms with Gasteiger partial charge in [0, 0.05) is 11.5 Å². The van der Waals surface area contributed by atoms with Gasteiger partial charge in [-0.3, -0.25) is 0 Å². The van der Waals surface area contributed by atoms with Crippen LogP contribution in [0, 0.1) is 20.8 Å². The van der Waals surface area contributed by atoms with Gasteiger partial charge in [0.1, 0.15) is 22.4 Å². The van der Waals surface area contributed by atoms with Crippen LogP contribution in [0.25, 0.3) is 0 Å². The minimum Gasteiger partial charge on any atom is -0.436 e. The van der Waals surface area contributed by atoms with Gasteiger partial charge in [-0.1, -0.05) is 13.8 Å². The van der Waals surface area contributed by atoms with Crippen LogP contribution < -0.4 is 11.3 Å². The van der Waals surface area contributed by atoms with E-state index in [-0.39, 0.29) is 5.92 Å². The second-order valence-electron chi connectivity index (χ2n) is 4.88. The lowest BCUT2D eigenvalue weighted by molar-refractivity contribution is 0.431. The molecular formula is C13H19N5OS. The van der Waals surface area contributed by atoms with Crippen LogP contribution in [0.15, 0.2) is 14.7 Å². The molecule has 0 saturated carbocycles. The molecule has 0 unspecified atom stereocenters. The Hall–Kier alpha value is -1.60. The molecule has 2 aromatic heterocycles. The average molecular weight is 293 g/mol. The topological polar surface area (TPSA) is 89.9 Å². The summed E-state index contributed by atoms with van der Waals surface area (Å²) in [5, 5.41) is 1.39. The number of hydrogen-bond donors (Lipinski definition) is 2. The number of hydrogen-bond acceptors (Lipinski definition) is 7. The van der Waals surface area contributed by atoms with E-state index in [0.717, 1.165) is 27.9 Å². The van der Waals surface area contributed by atoms with Crippen LogP contribution in [0.5, 0.6) is 0 Å². The highest BCUT2D eigenvalue weighted by molar-refractivity contribution is 7.99. The summed E-state index contributed by atoms with van der Waals surface area (Å²) < 4.78 is 5.59. The van der Waals surface area contributed by atoms with E-state index in [1.54, 1.807) is 0 Å². The van der Waals surface area contributed by atoms with Crippen LogP contribution >= 0.6 is 11.8 Å². The fourth-order valence-corrected chi connectivity index (χ4v) is 2.48. The molecule has 108 valence electrons. The molecule has 0 aliphatic rings. The SMILES string of the molecule is Cc1nc(Sc2nc(C(C)C)nc(NN)c2C)oc1C. The largest absolute Gasteiger partial charge is 0.436 e. The Morgan fingerprint density at radius 1 is 1.15 bits per heavy atom. The van der Waals surface area contributed by atoms with Crippen molar-refractivity contribution in [2.24, 2.45) is 5.84 Å². The smallest absolute Gasteiger partial charge is 0.262 e. The standard InChI is InChI=1S/C13H19N5OS/c1-6(2)10-16-11(18-14)7(3)12(17-10)20-13-15-8(4)9(5)19-13/h6H,14H2,1-5H3,(H,16,17,18). The summed E-state index contributed by atoms with van der Waals surface area (Å²) in [5.74, 6) is 7.93. The molecule has 0 bridgehead atoms. The monoisotopic (exact) mass is 293 g/mol. The first kappa shape index (κ1) is 14.8. The maximum Gasteiger partial charge on any atom is 0.262 e. The van der Waals surface area contributed by atoms with E-state index in [4.69, 9.17) is 10.3 Å². The molecule has 3 N–H and O–H groups in total. The van der Waals surface area contributed by atoms with Gasteiger partial charge in [0.05, 0.1) is 5.69 Å². The van der Waals surface area contributed by atoms with Crippen molar-refractivity contribution in [2.75, 3.05) is 5.43 Å². The molecule has 0 aliphatic heterocycles. The van der Waals surface area contributed by atoms with Crippen LogP contribution in [-0.2, 0) is 0 Å². The zero-order chi connectivity index (χ0) is 14.9. The molecular weight excluding hydrogens is 274 g/mol. The quantitative estimate of drug-likeness (QED) is 0.509. The molecule has 0 aliphatic carbocycles. The number of aromatic nitrogens is 3. The Labute approximate surface area is 122 Å². The van der Waals surface area contributed by atoms with Crippen molar-refractivity contribution in [1.29, 1.82) is 0 Å². The van der Waals surface area contributed by atoms with Gasteiger partial charge in [-0.2, -0.15) is 0 Å². The Kier molecular flexibility index (Phi) is 4.29. The third-order valence-corrected chi connectivity index (χ3v) is 3.90. The lowest BCUT2D eigenvalue weighted by Crippen LogP contribution is -2.13. The van der Waals surface area contributed by atoms with Gasteiger partial charge in [-0.15, -0.1) is 0 Å². The second kappa shape index (κ2) is 5.80. The predicted molar refractivity (Wildman–Crippen MR) is 78.8 cm³/mol. The molecule has 2 aromatic rings. The van der Waals surface area contributed by atoms with Crippen molar-refractivity contribution >= 4 is 17.6 Å². The van der Waals surface area contributed by atoms with E-state index in [0.29, 0.717) is 11.0 Å². The van der Waals surface area contributed by atoms with Crippen molar-refractivity contribution in [3.63, 3.8) is 0 Å². The molecule has 0 atom stereocenters. The number of oxazole rings is 1. The highest BCUT2D eigenvalue weighted by Crippen LogP contribution is 2.32. The molecule has 2 heterocycles. The number of hydrazine groups is 1. The minimum atomic E-state index is 0.218. The summed E-state index contributed by atoms with van der Waals surface area (Å²) in [6.45, 7) is 9.82. The summed E-state index contributed by atoms with van der Waals surface area (Å²) in [6.07, 6.45) is 0. The van der Waals surface area contributed by atoms with E-state index in [1.807, 2.05) is 34.6 Å². The van der Waals surface area contributed by atoms with Crippen LogP contribution in [0.3, 0.4) is 0 Å². The van der Waals surface area contributed by atoms with Crippen LogP contribution in [0.2, 0.25) is 0 Å². The summed E-state index contributed by atoms with van der Waals surface area (Å²) in [5.41, 5.74) is 4.39. The summed E-state index contributed by atoms with van der Waals surface area (Å²) in [7, 11) is 0. The summed E-state index contributed by atoms with van der Waals surface area (Å²) >= 11 is 1.39. The molecule has 0 spiro atoms. The maximum atomic E-state index is 5.59. The van der Waals surface area contributed by atoms with Crippen LogP contribution in [0.1, 0.15) is 42.6 Å². The molecule has 0 radical (unpaired) electrons. The molecule has 6 nitrogen and oxygen atoms in total. The zero-order valence-electron chi connectivity index (χ0n) is 12.3. The van der Waals surface area contributed by atoms with E-state index >= 15 is 0 Å². The van der Waals surface area contributed by atoms with Gasteiger partial charge in [-0.25, -0.2) is 20.8 Å². The van der Waals surface area contributed by atoms with E-state index < -0.39 is 0 Å². The lowest BCUT2D eigenvalue weighted by atomic mass is 10.2. The molecule has 0 aromatic carbocycles. The average Bonchev–Trinajstić information content (AvgIpc) is 2.70. The van der Waals surface area contributed by atoms with Gasteiger partial charge in [0.15, 0.2) is 0 Å². The Bertz CT molecular complexity index is 604. The number of aryl methyl sites for hydroxylation is 2. The first-order chi connectivity index (χ1) is 9.42.